The van der Waals surface area contributed by atoms with Crippen LogP contribution < -0.4 is 5.73 Å². The summed E-state index contributed by atoms with van der Waals surface area (Å²) in [5, 5.41) is 2.04. The summed E-state index contributed by atoms with van der Waals surface area (Å²) in [4.78, 5) is 14.5. The molecule has 4 nitrogen and oxygen atoms in total. The van der Waals surface area contributed by atoms with Gasteiger partial charge in [0.1, 0.15) is 11.5 Å². The van der Waals surface area contributed by atoms with E-state index in [0.717, 1.165) is 24.0 Å². The van der Waals surface area contributed by atoms with Crippen LogP contribution in [0.1, 0.15) is 35.7 Å². The Bertz CT molecular complexity index is 606. The average molecular weight is 304 g/mol. The number of nitrogens with zero attached hydrogens (tertiary/aromatic N) is 1. The number of primary amides is 1. The molecule has 0 saturated heterocycles. The van der Waals surface area contributed by atoms with Crippen LogP contribution in [0, 0.1) is 5.92 Å². The van der Waals surface area contributed by atoms with Gasteiger partial charge in [-0.05, 0) is 35.9 Å². The molecule has 0 radical (unpaired) electrons. The summed E-state index contributed by atoms with van der Waals surface area (Å²) < 4.78 is 5.92. The lowest BCUT2D eigenvalue weighted by atomic mass is 10.3. The van der Waals surface area contributed by atoms with E-state index >= 15 is 0 Å². The van der Waals surface area contributed by atoms with Crippen LogP contribution >= 0.6 is 11.3 Å². The van der Waals surface area contributed by atoms with Crippen LogP contribution in [0.4, 0.5) is 0 Å². The van der Waals surface area contributed by atoms with E-state index in [0.29, 0.717) is 12.5 Å². The number of rotatable bonds is 7. The number of hydrogen-bond acceptors (Lipinski definition) is 4. The first-order valence-corrected chi connectivity index (χ1v) is 8.11. The van der Waals surface area contributed by atoms with Gasteiger partial charge in [-0.2, -0.15) is 0 Å². The molecule has 2 atom stereocenters. The molecule has 21 heavy (non-hydrogen) atoms. The second kappa shape index (κ2) is 6.03. The van der Waals surface area contributed by atoms with Crippen LogP contribution in [0.5, 0.6) is 0 Å². The predicted molar refractivity (Wildman–Crippen MR) is 82.9 cm³/mol. The largest absolute Gasteiger partial charge is 0.464 e. The SMILES string of the molecule is C[C@@H]1C[C@@H]1c1ccc(CN(CC(N)=O)Cc2cccs2)o1. The smallest absolute Gasteiger partial charge is 0.231 e. The highest BCUT2D eigenvalue weighted by molar-refractivity contribution is 7.09. The molecule has 1 aliphatic rings. The van der Waals surface area contributed by atoms with Gasteiger partial charge in [-0.3, -0.25) is 9.69 Å². The lowest BCUT2D eigenvalue weighted by molar-refractivity contribution is -0.119. The molecular weight excluding hydrogens is 284 g/mol. The first-order valence-electron chi connectivity index (χ1n) is 7.23. The third-order valence-corrected chi connectivity index (χ3v) is 4.74. The Morgan fingerprint density at radius 2 is 2.24 bits per heavy atom. The van der Waals surface area contributed by atoms with Crippen LogP contribution in [-0.4, -0.2) is 17.4 Å². The van der Waals surface area contributed by atoms with Crippen molar-refractivity contribution in [3.8, 4) is 0 Å². The fourth-order valence-corrected chi connectivity index (χ4v) is 3.37. The fraction of sp³-hybridized carbons (Fsp3) is 0.438. The molecule has 0 aliphatic heterocycles. The fourth-order valence-electron chi connectivity index (χ4n) is 2.63. The van der Waals surface area contributed by atoms with Crippen molar-refractivity contribution < 1.29 is 9.21 Å². The summed E-state index contributed by atoms with van der Waals surface area (Å²) in [5.74, 6) is 2.99. The lowest BCUT2D eigenvalue weighted by Gasteiger charge is -2.18. The van der Waals surface area contributed by atoms with Crippen molar-refractivity contribution in [1.82, 2.24) is 4.90 Å². The minimum absolute atomic E-state index is 0.244. The molecule has 2 N–H and O–H groups in total. The highest BCUT2D eigenvalue weighted by Crippen LogP contribution is 2.47. The minimum Gasteiger partial charge on any atom is -0.464 e. The Balaban J connectivity index is 1.65. The van der Waals surface area contributed by atoms with Crippen molar-refractivity contribution in [1.29, 1.82) is 0 Å². The topological polar surface area (TPSA) is 59.5 Å². The number of hydrogen-bond donors (Lipinski definition) is 1. The molecule has 0 bridgehead atoms. The van der Waals surface area contributed by atoms with Crippen molar-refractivity contribution in [3.63, 3.8) is 0 Å². The maximum Gasteiger partial charge on any atom is 0.231 e. The first-order chi connectivity index (χ1) is 10.1. The summed E-state index contributed by atoms with van der Waals surface area (Å²) in [5.41, 5.74) is 5.35. The molecule has 0 aromatic carbocycles. The monoisotopic (exact) mass is 304 g/mol. The van der Waals surface area contributed by atoms with E-state index < -0.39 is 0 Å². The van der Waals surface area contributed by atoms with Crippen LogP contribution in [0.25, 0.3) is 0 Å². The second-order valence-corrected chi connectivity index (χ2v) is 6.85. The summed E-state index contributed by atoms with van der Waals surface area (Å²) in [6, 6.07) is 8.17. The predicted octanol–water partition coefficient (Wildman–Crippen LogP) is 2.95. The number of thiophene rings is 1. The maximum absolute atomic E-state index is 11.2. The van der Waals surface area contributed by atoms with E-state index in [1.165, 1.54) is 11.3 Å². The van der Waals surface area contributed by atoms with Gasteiger partial charge in [-0.15, -0.1) is 11.3 Å². The molecule has 2 aromatic rings. The van der Waals surface area contributed by atoms with E-state index in [4.69, 9.17) is 10.2 Å². The highest BCUT2D eigenvalue weighted by Gasteiger charge is 2.36. The molecular formula is C16H20N2O2S. The zero-order valence-corrected chi connectivity index (χ0v) is 12.9. The van der Waals surface area contributed by atoms with Crippen LogP contribution in [0.3, 0.4) is 0 Å². The summed E-state index contributed by atoms with van der Waals surface area (Å²) in [6.45, 7) is 3.81. The zero-order valence-electron chi connectivity index (χ0n) is 12.1. The molecule has 1 amide bonds. The van der Waals surface area contributed by atoms with Gasteiger partial charge in [0.25, 0.3) is 0 Å². The van der Waals surface area contributed by atoms with E-state index in [9.17, 15) is 4.79 Å². The number of carbonyl (C=O) groups is 1. The molecule has 2 aromatic heterocycles. The number of amides is 1. The van der Waals surface area contributed by atoms with Gasteiger partial charge in [0, 0.05) is 17.3 Å². The molecule has 1 aliphatic carbocycles. The van der Waals surface area contributed by atoms with Gasteiger partial charge in [0.15, 0.2) is 0 Å². The van der Waals surface area contributed by atoms with Crippen LogP contribution in [0.15, 0.2) is 34.1 Å². The summed E-state index contributed by atoms with van der Waals surface area (Å²) in [6.07, 6.45) is 1.22. The van der Waals surface area contributed by atoms with Crippen molar-refractivity contribution in [3.05, 3.63) is 46.0 Å². The molecule has 0 spiro atoms. The van der Waals surface area contributed by atoms with Gasteiger partial charge in [-0.1, -0.05) is 13.0 Å². The molecule has 0 unspecified atom stereocenters. The van der Waals surface area contributed by atoms with Gasteiger partial charge in [0.05, 0.1) is 13.1 Å². The molecule has 3 rings (SSSR count). The van der Waals surface area contributed by atoms with E-state index in [1.807, 2.05) is 22.4 Å². The molecule has 2 heterocycles. The molecule has 1 fully saturated rings. The quantitative estimate of drug-likeness (QED) is 0.855. The number of nitrogens with two attached hydrogens (primary N) is 1. The van der Waals surface area contributed by atoms with Gasteiger partial charge in [0.2, 0.25) is 5.91 Å². The number of furan rings is 1. The molecule has 1 saturated carbocycles. The van der Waals surface area contributed by atoms with Crippen LogP contribution in [-0.2, 0) is 17.9 Å². The normalized spacial score (nSPS) is 20.9. The Morgan fingerprint density at radius 1 is 1.43 bits per heavy atom. The summed E-state index contributed by atoms with van der Waals surface area (Å²) in [7, 11) is 0. The Kier molecular flexibility index (Phi) is 4.12. The Hall–Kier alpha value is -1.59. The van der Waals surface area contributed by atoms with E-state index in [2.05, 4.69) is 19.1 Å². The average Bonchev–Trinajstić information content (AvgIpc) is 2.84. The third kappa shape index (κ3) is 3.74. The standard InChI is InChI=1S/C16H20N2O2S/c1-11-7-14(11)15-5-4-12(20-15)8-18(10-16(17)19)9-13-3-2-6-21-13/h2-6,11,14H,7-10H2,1H3,(H2,17,19)/t11-,14+/m1/s1. The van der Waals surface area contributed by atoms with Gasteiger partial charge < -0.3 is 10.2 Å². The zero-order chi connectivity index (χ0) is 14.8. The second-order valence-electron chi connectivity index (χ2n) is 5.81. The Morgan fingerprint density at radius 3 is 2.86 bits per heavy atom. The van der Waals surface area contributed by atoms with Crippen molar-refractivity contribution in [2.24, 2.45) is 11.7 Å². The Labute approximate surface area is 128 Å². The van der Waals surface area contributed by atoms with E-state index in [-0.39, 0.29) is 12.5 Å². The maximum atomic E-state index is 11.2. The van der Waals surface area contributed by atoms with E-state index in [1.54, 1.807) is 11.3 Å². The first kappa shape index (κ1) is 14.4. The third-order valence-electron chi connectivity index (χ3n) is 3.88. The molecule has 5 heteroatoms. The summed E-state index contributed by atoms with van der Waals surface area (Å²) >= 11 is 1.68. The van der Waals surface area contributed by atoms with Gasteiger partial charge in [-0.25, -0.2) is 0 Å². The molecule has 112 valence electrons. The van der Waals surface area contributed by atoms with Crippen LogP contribution in [0.2, 0.25) is 0 Å². The van der Waals surface area contributed by atoms with Gasteiger partial charge >= 0.3 is 0 Å². The lowest BCUT2D eigenvalue weighted by Crippen LogP contribution is -2.32. The van der Waals surface area contributed by atoms with Crippen molar-refractivity contribution in [2.45, 2.75) is 32.4 Å². The van der Waals surface area contributed by atoms with Crippen molar-refractivity contribution in [2.75, 3.05) is 6.54 Å². The minimum atomic E-state index is -0.311. The number of carbonyl (C=O) groups excluding carboxylic acids is 1. The highest BCUT2D eigenvalue weighted by atomic mass is 32.1. The van der Waals surface area contributed by atoms with Crippen molar-refractivity contribution >= 4 is 17.2 Å².